The Morgan fingerprint density at radius 2 is 1.89 bits per heavy atom. The van der Waals surface area contributed by atoms with Gasteiger partial charge in [-0.25, -0.2) is 18.0 Å². The quantitative estimate of drug-likeness (QED) is 0.181. The van der Waals surface area contributed by atoms with E-state index in [2.05, 4.69) is 15.2 Å². The molecule has 2 aromatic carbocycles. The molecule has 1 amide bonds. The number of hydrogen-bond acceptors (Lipinski definition) is 11. The third kappa shape index (κ3) is 7.60. The summed E-state index contributed by atoms with van der Waals surface area (Å²) in [6.07, 6.45) is 2.64. The summed E-state index contributed by atoms with van der Waals surface area (Å²) in [7, 11) is 1.38. The smallest absolute Gasteiger partial charge is 0.412 e. The zero-order valence-corrected chi connectivity index (χ0v) is 32.6. The van der Waals surface area contributed by atoms with Crippen molar-refractivity contribution in [3.8, 4) is 23.2 Å². The number of ether oxygens (including phenoxy) is 3. The van der Waals surface area contributed by atoms with E-state index < -0.39 is 35.0 Å². The highest BCUT2D eigenvalue weighted by Crippen LogP contribution is 2.47. The second-order valence-corrected chi connectivity index (χ2v) is 16.9. The molecule has 7 rings (SSSR count). The predicted octanol–water partition coefficient (Wildman–Crippen LogP) is 8.79. The molecule has 3 aliphatic rings. The number of amides is 1. The van der Waals surface area contributed by atoms with Crippen molar-refractivity contribution in [3.63, 3.8) is 0 Å². The first-order chi connectivity index (χ1) is 26.2. The Kier molecular flexibility index (Phi) is 10.8. The fourth-order valence-corrected chi connectivity index (χ4v) is 9.62. The summed E-state index contributed by atoms with van der Waals surface area (Å²) in [6, 6.07) is 6.01. The summed E-state index contributed by atoms with van der Waals surface area (Å²) in [5.74, 6) is -1.59. The number of esters is 1. The number of nitriles is 1. The van der Waals surface area contributed by atoms with E-state index in [0.29, 0.717) is 62.9 Å². The molecule has 55 heavy (non-hydrogen) atoms. The van der Waals surface area contributed by atoms with Gasteiger partial charge in [-0.3, -0.25) is 15.0 Å². The van der Waals surface area contributed by atoms with Crippen LogP contribution in [0.15, 0.2) is 18.2 Å². The first-order valence-electron chi connectivity index (χ1n) is 18.4. The molecule has 4 aromatic rings. The average Bonchev–Trinajstić information content (AvgIpc) is 3.77. The molecule has 0 spiro atoms. The average molecular weight is 799 g/mol. The monoisotopic (exact) mass is 798 g/mol. The van der Waals surface area contributed by atoms with Crippen LogP contribution in [-0.2, 0) is 14.3 Å². The molecule has 2 aromatic heterocycles. The molecule has 5 heterocycles. The van der Waals surface area contributed by atoms with E-state index in [1.807, 2.05) is 11.0 Å². The second kappa shape index (κ2) is 15.3. The number of nitrogens with zero attached hydrogens (tertiary/aromatic N) is 5. The fourth-order valence-electron chi connectivity index (χ4n) is 8.26. The minimum absolute atomic E-state index is 0.0112. The summed E-state index contributed by atoms with van der Waals surface area (Å²) in [5.41, 5.74) is -1.55. The van der Waals surface area contributed by atoms with Gasteiger partial charge in [-0.2, -0.15) is 15.2 Å². The Morgan fingerprint density at radius 1 is 1.15 bits per heavy atom. The van der Waals surface area contributed by atoms with Crippen LogP contribution in [0.4, 0.5) is 28.8 Å². The SMILES string of the molecule is COC(=O)C1CCCN(c2nc(OC[C@@]34CCCN3C[C@H](F)C4)nc3c(F)c(-c4ccc(F)c5sc(NC(=O)OC(C)(C)C)c(C#N)c45)c(Cl)cc23)CCC1. The van der Waals surface area contributed by atoms with Crippen molar-refractivity contribution in [2.24, 2.45) is 5.92 Å². The van der Waals surface area contributed by atoms with E-state index in [-0.39, 0.29) is 66.8 Å². The fraction of sp³-hybridized carbons (Fsp3) is 0.513. The summed E-state index contributed by atoms with van der Waals surface area (Å²) in [6.45, 7) is 7.25. The summed E-state index contributed by atoms with van der Waals surface area (Å²) in [5, 5.41) is 13.2. The molecule has 16 heteroatoms. The third-order valence-corrected chi connectivity index (χ3v) is 12.1. The van der Waals surface area contributed by atoms with Crippen LogP contribution in [0, 0.1) is 28.9 Å². The maximum atomic E-state index is 17.3. The molecule has 3 fully saturated rings. The zero-order chi connectivity index (χ0) is 39.2. The van der Waals surface area contributed by atoms with Gasteiger partial charge in [0.05, 0.1) is 33.9 Å². The van der Waals surface area contributed by atoms with Crippen molar-refractivity contribution in [3.05, 3.63) is 40.4 Å². The van der Waals surface area contributed by atoms with Crippen molar-refractivity contribution in [1.82, 2.24) is 14.9 Å². The number of methoxy groups -OCH3 is 1. The molecular weight excluding hydrogens is 757 g/mol. The van der Waals surface area contributed by atoms with Gasteiger partial charge in [0.2, 0.25) is 0 Å². The van der Waals surface area contributed by atoms with E-state index in [0.717, 1.165) is 36.8 Å². The number of rotatable bonds is 7. The normalized spacial score (nSPS) is 20.9. The minimum atomic E-state index is -0.975. The number of anilines is 2. The number of halogens is 4. The van der Waals surface area contributed by atoms with Gasteiger partial charge in [0.1, 0.15) is 46.6 Å². The standard InChI is InChI=1S/C39H42ClF3N6O5S/c1-38(2,3)54-37(51)47-34-25(18-44)28-23(10-11-27(42)32(28)55-34)29-26(40)16-24-31(30(29)43)45-36(53-20-39-12-7-15-49(39)19-22(41)17-39)46-33(24)48-13-5-8-21(9-6-14-48)35(50)52-4/h10-11,16,21-22H,5-9,12-15,17,19-20H2,1-4H3,(H,47,51)/t22-,39+/m1/s1. The molecule has 0 saturated carbocycles. The van der Waals surface area contributed by atoms with Gasteiger partial charge in [-0.15, -0.1) is 11.3 Å². The van der Waals surface area contributed by atoms with Gasteiger partial charge in [-0.1, -0.05) is 17.7 Å². The van der Waals surface area contributed by atoms with Crippen LogP contribution >= 0.6 is 22.9 Å². The molecule has 3 saturated heterocycles. The highest BCUT2D eigenvalue weighted by molar-refractivity contribution is 7.23. The highest BCUT2D eigenvalue weighted by Gasteiger charge is 2.49. The zero-order valence-electron chi connectivity index (χ0n) is 31.1. The van der Waals surface area contributed by atoms with Crippen molar-refractivity contribution >= 4 is 66.8 Å². The van der Waals surface area contributed by atoms with Crippen LogP contribution in [0.25, 0.3) is 32.1 Å². The van der Waals surface area contributed by atoms with E-state index in [4.69, 9.17) is 30.8 Å². The van der Waals surface area contributed by atoms with Crippen LogP contribution < -0.4 is 15.0 Å². The number of nitrogens with one attached hydrogen (secondary N) is 1. The van der Waals surface area contributed by atoms with Crippen molar-refractivity contribution in [2.75, 3.05) is 50.1 Å². The van der Waals surface area contributed by atoms with Crippen molar-refractivity contribution in [1.29, 1.82) is 5.26 Å². The van der Waals surface area contributed by atoms with Gasteiger partial charge in [-0.05, 0) is 83.5 Å². The van der Waals surface area contributed by atoms with Crippen LogP contribution in [-0.4, -0.2) is 84.1 Å². The van der Waals surface area contributed by atoms with Gasteiger partial charge in [0.25, 0.3) is 0 Å². The lowest BCUT2D eigenvalue weighted by molar-refractivity contribution is -0.146. The molecule has 0 bridgehead atoms. The Balaban J connectivity index is 1.34. The van der Waals surface area contributed by atoms with E-state index >= 15 is 8.78 Å². The van der Waals surface area contributed by atoms with Gasteiger partial charge in [0.15, 0.2) is 5.82 Å². The van der Waals surface area contributed by atoms with Gasteiger partial charge >= 0.3 is 18.1 Å². The number of fused-ring (bicyclic) bond motifs is 3. The van der Waals surface area contributed by atoms with Crippen LogP contribution in [0.5, 0.6) is 6.01 Å². The molecule has 1 N–H and O–H groups in total. The molecule has 2 atom stereocenters. The predicted molar refractivity (Wildman–Crippen MR) is 205 cm³/mol. The Labute approximate surface area is 325 Å². The number of carbonyl (C=O) groups excluding carboxylic acids is 2. The van der Waals surface area contributed by atoms with E-state index in [1.165, 1.54) is 13.2 Å². The third-order valence-electron chi connectivity index (χ3n) is 10.7. The maximum absolute atomic E-state index is 17.3. The lowest BCUT2D eigenvalue weighted by Gasteiger charge is -2.31. The van der Waals surface area contributed by atoms with Crippen LogP contribution in [0.2, 0.25) is 5.02 Å². The van der Waals surface area contributed by atoms with Gasteiger partial charge in [0, 0.05) is 42.4 Å². The molecule has 0 unspecified atom stereocenters. The number of aromatic nitrogens is 2. The first kappa shape index (κ1) is 38.9. The molecular formula is C39H42ClF3N6O5S. The lowest BCUT2D eigenvalue weighted by atomic mass is 9.95. The van der Waals surface area contributed by atoms with E-state index in [1.54, 1.807) is 26.8 Å². The Hall–Kier alpha value is -4.39. The summed E-state index contributed by atoms with van der Waals surface area (Å²) >= 11 is 7.76. The number of carbonyl (C=O) groups is 2. The van der Waals surface area contributed by atoms with Crippen molar-refractivity contribution in [2.45, 2.75) is 83.0 Å². The second-order valence-electron chi connectivity index (χ2n) is 15.5. The first-order valence-corrected chi connectivity index (χ1v) is 19.6. The maximum Gasteiger partial charge on any atom is 0.412 e. The molecule has 0 radical (unpaired) electrons. The summed E-state index contributed by atoms with van der Waals surface area (Å²) < 4.78 is 64.0. The number of thiophene rings is 1. The van der Waals surface area contributed by atoms with Gasteiger partial charge < -0.3 is 19.1 Å². The van der Waals surface area contributed by atoms with Crippen molar-refractivity contribution < 1.29 is 37.0 Å². The largest absolute Gasteiger partial charge is 0.469 e. The number of benzene rings is 2. The molecule has 0 aliphatic carbocycles. The molecule has 3 aliphatic heterocycles. The Bertz CT molecular complexity index is 2200. The highest BCUT2D eigenvalue weighted by atomic mass is 35.5. The lowest BCUT2D eigenvalue weighted by Crippen LogP contribution is -2.43. The van der Waals surface area contributed by atoms with Crippen LogP contribution in [0.1, 0.15) is 71.3 Å². The number of hydrogen-bond donors (Lipinski definition) is 1. The minimum Gasteiger partial charge on any atom is -0.469 e. The number of alkyl halides is 1. The topological polar surface area (TPSA) is 130 Å². The Morgan fingerprint density at radius 3 is 2.58 bits per heavy atom. The summed E-state index contributed by atoms with van der Waals surface area (Å²) in [4.78, 5) is 38.5. The molecule has 292 valence electrons. The van der Waals surface area contributed by atoms with Crippen LogP contribution in [0.3, 0.4) is 0 Å². The molecule has 11 nitrogen and oxygen atoms in total. The van der Waals surface area contributed by atoms with E-state index in [9.17, 15) is 19.2 Å².